The maximum Gasteiger partial charge on any atom is 0.271 e. The molecule has 7 nitrogen and oxygen atoms in total. The molecular formula is C17H17FN4O3. The minimum absolute atomic E-state index is 0.115. The molecule has 1 aliphatic heterocycles. The van der Waals surface area contributed by atoms with Crippen molar-refractivity contribution in [2.45, 2.75) is 13.5 Å². The van der Waals surface area contributed by atoms with Crippen LogP contribution < -0.4 is 10.1 Å². The lowest BCUT2D eigenvalue weighted by molar-refractivity contribution is -0.133. The van der Waals surface area contributed by atoms with E-state index < -0.39 is 0 Å². The van der Waals surface area contributed by atoms with Gasteiger partial charge in [0, 0.05) is 31.4 Å². The molecule has 2 aromatic rings. The zero-order valence-corrected chi connectivity index (χ0v) is 13.7. The molecule has 0 saturated carbocycles. The Balaban J connectivity index is 1.59. The first kappa shape index (κ1) is 16.8. The van der Waals surface area contributed by atoms with Crippen molar-refractivity contribution in [3.8, 4) is 5.75 Å². The zero-order chi connectivity index (χ0) is 17.8. The number of aromatic nitrogens is 2. The summed E-state index contributed by atoms with van der Waals surface area (Å²) in [6.07, 6.45) is 2.91. The van der Waals surface area contributed by atoms with Crippen LogP contribution in [0.4, 0.5) is 4.39 Å². The first-order chi connectivity index (χ1) is 12.0. The van der Waals surface area contributed by atoms with Gasteiger partial charge in [0.15, 0.2) is 6.61 Å². The number of amides is 2. The zero-order valence-electron chi connectivity index (χ0n) is 13.7. The van der Waals surface area contributed by atoms with Gasteiger partial charge >= 0.3 is 0 Å². The lowest BCUT2D eigenvalue weighted by atomic mass is 10.2. The van der Waals surface area contributed by atoms with Crippen LogP contribution in [0.25, 0.3) is 0 Å². The second-order valence-corrected chi connectivity index (χ2v) is 5.65. The van der Waals surface area contributed by atoms with Crippen LogP contribution in [0.15, 0.2) is 30.6 Å². The van der Waals surface area contributed by atoms with E-state index in [9.17, 15) is 14.0 Å². The summed E-state index contributed by atoms with van der Waals surface area (Å²) in [5, 5.41) is 2.69. The highest BCUT2D eigenvalue weighted by Gasteiger charge is 2.22. The van der Waals surface area contributed by atoms with Gasteiger partial charge in [-0.2, -0.15) is 0 Å². The number of fused-ring (bicyclic) bond motifs is 1. The number of nitrogens with one attached hydrogen (secondary N) is 1. The number of hydrogen-bond donors (Lipinski definition) is 1. The Kier molecular flexibility index (Phi) is 4.87. The molecule has 1 aromatic carbocycles. The molecule has 1 N–H and O–H groups in total. The number of halogens is 1. The van der Waals surface area contributed by atoms with Crippen molar-refractivity contribution in [3.63, 3.8) is 0 Å². The standard InChI is InChI=1S/C17H17FN4O3/c1-11-7-21-14(8-20-11)17(24)19-4-5-22-9-12-6-13(18)2-3-15(12)25-10-16(22)23/h2-3,6-8H,4-5,9-10H2,1H3,(H,19,24). The van der Waals surface area contributed by atoms with Crippen LogP contribution in [-0.2, 0) is 11.3 Å². The molecule has 1 aromatic heterocycles. The lowest BCUT2D eigenvalue weighted by Gasteiger charge is -2.20. The van der Waals surface area contributed by atoms with Crippen molar-refractivity contribution in [2.75, 3.05) is 19.7 Å². The topological polar surface area (TPSA) is 84.4 Å². The number of carbonyl (C=O) groups is 2. The third-order valence-corrected chi connectivity index (χ3v) is 3.77. The minimum Gasteiger partial charge on any atom is -0.483 e. The van der Waals surface area contributed by atoms with Crippen molar-refractivity contribution in [3.05, 3.63) is 53.4 Å². The quantitative estimate of drug-likeness (QED) is 0.897. The Hall–Kier alpha value is -3.03. The molecule has 3 rings (SSSR count). The molecule has 0 spiro atoms. The van der Waals surface area contributed by atoms with E-state index in [1.807, 2.05) is 0 Å². The highest BCUT2D eigenvalue weighted by molar-refractivity contribution is 5.91. The largest absolute Gasteiger partial charge is 0.483 e. The SMILES string of the molecule is Cc1cnc(C(=O)NCCN2Cc3cc(F)ccc3OCC2=O)cn1. The van der Waals surface area contributed by atoms with E-state index in [1.54, 1.807) is 6.92 Å². The van der Waals surface area contributed by atoms with Gasteiger partial charge in [0.25, 0.3) is 11.8 Å². The van der Waals surface area contributed by atoms with E-state index in [0.717, 1.165) is 5.69 Å². The molecule has 0 saturated heterocycles. The first-order valence-electron chi connectivity index (χ1n) is 7.79. The van der Waals surface area contributed by atoms with Gasteiger partial charge in [-0.1, -0.05) is 0 Å². The van der Waals surface area contributed by atoms with E-state index in [0.29, 0.717) is 11.3 Å². The summed E-state index contributed by atoms with van der Waals surface area (Å²) in [4.78, 5) is 33.7. The Morgan fingerprint density at radius 2 is 2.20 bits per heavy atom. The van der Waals surface area contributed by atoms with Crippen molar-refractivity contribution < 1.29 is 18.7 Å². The summed E-state index contributed by atoms with van der Waals surface area (Å²) in [5.74, 6) is -0.474. The van der Waals surface area contributed by atoms with Crippen LogP contribution in [0.2, 0.25) is 0 Å². The van der Waals surface area contributed by atoms with Gasteiger partial charge in [-0.15, -0.1) is 0 Å². The van der Waals surface area contributed by atoms with Gasteiger partial charge in [0.1, 0.15) is 17.3 Å². The number of aryl methyl sites for hydroxylation is 1. The monoisotopic (exact) mass is 344 g/mol. The van der Waals surface area contributed by atoms with E-state index in [2.05, 4.69) is 15.3 Å². The molecule has 25 heavy (non-hydrogen) atoms. The molecule has 0 fully saturated rings. The second kappa shape index (κ2) is 7.25. The summed E-state index contributed by atoms with van der Waals surface area (Å²) in [6.45, 7) is 2.42. The van der Waals surface area contributed by atoms with Crippen LogP contribution in [0.5, 0.6) is 5.75 Å². The van der Waals surface area contributed by atoms with Crippen molar-refractivity contribution in [2.24, 2.45) is 0 Å². The molecule has 2 heterocycles. The fraction of sp³-hybridized carbons (Fsp3) is 0.294. The summed E-state index contributed by atoms with van der Waals surface area (Å²) in [7, 11) is 0. The van der Waals surface area contributed by atoms with Crippen molar-refractivity contribution in [1.82, 2.24) is 20.2 Å². The highest BCUT2D eigenvalue weighted by Crippen LogP contribution is 2.24. The molecule has 130 valence electrons. The van der Waals surface area contributed by atoms with Gasteiger partial charge in [-0.3, -0.25) is 14.6 Å². The number of nitrogens with zero attached hydrogens (tertiary/aromatic N) is 3. The maximum absolute atomic E-state index is 13.4. The second-order valence-electron chi connectivity index (χ2n) is 5.65. The maximum atomic E-state index is 13.4. The summed E-state index contributed by atoms with van der Waals surface area (Å²) >= 11 is 0. The van der Waals surface area contributed by atoms with Crippen molar-refractivity contribution in [1.29, 1.82) is 0 Å². The van der Waals surface area contributed by atoms with E-state index in [4.69, 9.17) is 4.74 Å². The van der Waals surface area contributed by atoms with Crippen LogP contribution >= 0.6 is 0 Å². The Morgan fingerprint density at radius 3 is 2.96 bits per heavy atom. The molecule has 0 atom stereocenters. The Bertz CT molecular complexity index is 795. The number of rotatable bonds is 4. The molecule has 2 amide bonds. The van der Waals surface area contributed by atoms with Gasteiger partial charge in [0.2, 0.25) is 0 Å². The normalized spacial score (nSPS) is 13.7. The van der Waals surface area contributed by atoms with Gasteiger partial charge in [-0.05, 0) is 25.1 Å². The highest BCUT2D eigenvalue weighted by atomic mass is 19.1. The molecule has 0 unspecified atom stereocenters. The van der Waals surface area contributed by atoms with E-state index >= 15 is 0 Å². The lowest BCUT2D eigenvalue weighted by Crippen LogP contribution is -2.39. The Labute approximate surface area is 143 Å². The fourth-order valence-electron chi connectivity index (χ4n) is 2.45. The van der Waals surface area contributed by atoms with Gasteiger partial charge in [0.05, 0.1) is 11.9 Å². The third kappa shape index (κ3) is 4.09. The molecular weight excluding hydrogens is 327 g/mol. The number of benzene rings is 1. The van der Waals surface area contributed by atoms with E-state index in [-0.39, 0.29) is 49.6 Å². The van der Waals surface area contributed by atoms with Crippen LogP contribution in [0.1, 0.15) is 21.7 Å². The summed E-state index contributed by atoms with van der Waals surface area (Å²) < 4.78 is 18.8. The Morgan fingerprint density at radius 1 is 1.36 bits per heavy atom. The van der Waals surface area contributed by atoms with Crippen LogP contribution in [0, 0.1) is 12.7 Å². The van der Waals surface area contributed by atoms with Gasteiger partial charge in [-0.25, -0.2) is 9.37 Å². The predicted octanol–water partition coefficient (Wildman–Crippen LogP) is 1.08. The minimum atomic E-state index is -0.386. The van der Waals surface area contributed by atoms with Crippen molar-refractivity contribution >= 4 is 11.8 Å². The molecule has 0 aliphatic carbocycles. The summed E-state index contributed by atoms with van der Waals surface area (Å²) in [6, 6.07) is 4.16. The van der Waals surface area contributed by atoms with E-state index in [1.165, 1.54) is 35.5 Å². The van der Waals surface area contributed by atoms with Gasteiger partial charge < -0.3 is 15.0 Å². The van der Waals surface area contributed by atoms with Crippen LogP contribution in [-0.4, -0.2) is 46.4 Å². The number of hydrogen-bond acceptors (Lipinski definition) is 5. The summed E-state index contributed by atoms with van der Waals surface area (Å²) in [5.41, 5.74) is 1.53. The average Bonchev–Trinajstić information content (AvgIpc) is 2.74. The average molecular weight is 344 g/mol. The molecule has 0 radical (unpaired) electrons. The first-order valence-corrected chi connectivity index (χ1v) is 7.79. The molecule has 8 heteroatoms. The predicted molar refractivity (Wildman–Crippen MR) is 86.4 cm³/mol. The molecule has 1 aliphatic rings. The third-order valence-electron chi connectivity index (χ3n) is 3.77. The smallest absolute Gasteiger partial charge is 0.271 e. The van der Waals surface area contributed by atoms with Crippen LogP contribution in [0.3, 0.4) is 0 Å². The fourth-order valence-corrected chi connectivity index (χ4v) is 2.45. The number of ether oxygens (including phenoxy) is 1. The number of carbonyl (C=O) groups excluding carboxylic acids is 2. The molecule has 0 bridgehead atoms.